The highest BCUT2D eigenvalue weighted by Crippen LogP contribution is 2.26. The summed E-state index contributed by atoms with van der Waals surface area (Å²) in [5, 5.41) is 8.76. The van der Waals surface area contributed by atoms with E-state index < -0.39 is 0 Å². The number of nitrogens with two attached hydrogens (primary N) is 1. The van der Waals surface area contributed by atoms with Gasteiger partial charge in [-0.1, -0.05) is 12.1 Å². The minimum Gasteiger partial charge on any atom is -0.383 e. The van der Waals surface area contributed by atoms with E-state index in [9.17, 15) is 4.39 Å². The van der Waals surface area contributed by atoms with Crippen molar-refractivity contribution in [2.75, 3.05) is 5.73 Å². The van der Waals surface area contributed by atoms with E-state index in [0.29, 0.717) is 22.7 Å². The van der Waals surface area contributed by atoms with Crippen LogP contribution in [0.5, 0.6) is 0 Å². The minimum atomic E-state index is -0.372. The van der Waals surface area contributed by atoms with Gasteiger partial charge in [-0.2, -0.15) is 5.26 Å². The molecular formula is C14H9FN4. The number of imidazole rings is 1. The molecule has 0 amide bonds. The molecule has 0 unspecified atom stereocenters. The van der Waals surface area contributed by atoms with E-state index in [4.69, 9.17) is 11.0 Å². The van der Waals surface area contributed by atoms with Crippen LogP contribution in [-0.2, 0) is 0 Å². The molecule has 2 aromatic heterocycles. The second-order valence-corrected chi connectivity index (χ2v) is 4.11. The average Bonchev–Trinajstić information content (AvgIpc) is 2.76. The Hall–Kier alpha value is -2.87. The second-order valence-electron chi connectivity index (χ2n) is 4.11. The van der Waals surface area contributed by atoms with Gasteiger partial charge in [0.2, 0.25) is 0 Å². The van der Waals surface area contributed by atoms with E-state index in [1.54, 1.807) is 30.3 Å². The number of halogens is 1. The molecule has 0 aliphatic carbocycles. The summed E-state index contributed by atoms with van der Waals surface area (Å²) in [6, 6.07) is 11.9. The smallest absolute Gasteiger partial charge is 0.140 e. The minimum absolute atomic E-state index is 0.372. The molecule has 2 heterocycles. The Morgan fingerprint density at radius 3 is 2.58 bits per heavy atom. The molecule has 5 heteroatoms. The van der Waals surface area contributed by atoms with Crippen LogP contribution in [-0.4, -0.2) is 9.38 Å². The summed E-state index contributed by atoms with van der Waals surface area (Å²) in [5.41, 5.74) is 8.50. The van der Waals surface area contributed by atoms with Gasteiger partial charge in [-0.25, -0.2) is 9.37 Å². The van der Waals surface area contributed by atoms with Crippen LogP contribution >= 0.6 is 0 Å². The maximum Gasteiger partial charge on any atom is 0.140 e. The molecule has 0 bridgehead atoms. The Balaban J connectivity index is 2.19. The van der Waals surface area contributed by atoms with Gasteiger partial charge in [0.05, 0.1) is 11.6 Å². The number of hydrogen-bond acceptors (Lipinski definition) is 3. The first-order valence-corrected chi connectivity index (χ1v) is 5.62. The van der Waals surface area contributed by atoms with Crippen LogP contribution in [0.4, 0.5) is 10.2 Å². The number of fused-ring (bicyclic) bond motifs is 1. The van der Waals surface area contributed by atoms with Crippen LogP contribution in [0.1, 0.15) is 5.56 Å². The third-order valence-electron chi connectivity index (χ3n) is 2.91. The fraction of sp³-hybridized carbons (Fsp3) is 0. The lowest BCUT2D eigenvalue weighted by Gasteiger charge is -1.99. The first-order valence-electron chi connectivity index (χ1n) is 5.62. The van der Waals surface area contributed by atoms with Gasteiger partial charge < -0.3 is 5.73 Å². The molecule has 0 aliphatic rings. The molecular weight excluding hydrogens is 243 g/mol. The van der Waals surface area contributed by atoms with Crippen molar-refractivity contribution in [2.24, 2.45) is 0 Å². The Bertz CT molecular complexity index is 797. The molecule has 1 aromatic carbocycles. The number of nitriles is 1. The zero-order valence-electron chi connectivity index (χ0n) is 9.84. The monoisotopic (exact) mass is 252 g/mol. The fourth-order valence-electron chi connectivity index (χ4n) is 1.95. The second kappa shape index (κ2) is 4.10. The molecule has 0 spiro atoms. The highest BCUT2D eigenvalue weighted by Gasteiger charge is 2.11. The molecule has 2 N–H and O–H groups in total. The highest BCUT2D eigenvalue weighted by molar-refractivity contribution is 5.75. The lowest BCUT2D eigenvalue weighted by molar-refractivity contribution is 0.619. The van der Waals surface area contributed by atoms with Crippen molar-refractivity contribution < 1.29 is 4.39 Å². The van der Waals surface area contributed by atoms with Gasteiger partial charge in [0.25, 0.3) is 0 Å². The van der Waals surface area contributed by atoms with E-state index in [2.05, 4.69) is 4.98 Å². The maximum atomic E-state index is 13.2. The van der Waals surface area contributed by atoms with Gasteiger partial charge in [0, 0.05) is 11.8 Å². The summed E-state index contributed by atoms with van der Waals surface area (Å²) in [4.78, 5) is 4.37. The zero-order chi connectivity index (χ0) is 13.4. The maximum absolute atomic E-state index is 13.2. The van der Waals surface area contributed by atoms with Crippen molar-refractivity contribution in [2.45, 2.75) is 0 Å². The molecule has 92 valence electrons. The lowest BCUT2D eigenvalue weighted by atomic mass is 10.1. The average molecular weight is 252 g/mol. The molecule has 0 saturated carbocycles. The molecule has 3 rings (SSSR count). The summed E-state index contributed by atoms with van der Waals surface area (Å²) in [5.74, 6) is 0.00202. The van der Waals surface area contributed by atoms with Gasteiger partial charge in [0.1, 0.15) is 23.0 Å². The Morgan fingerprint density at radius 1 is 1.16 bits per heavy atom. The summed E-state index contributed by atoms with van der Waals surface area (Å²) in [7, 11) is 0. The molecule has 19 heavy (non-hydrogen) atoms. The van der Waals surface area contributed by atoms with Crippen molar-refractivity contribution in [1.82, 2.24) is 9.38 Å². The number of anilines is 1. The van der Waals surface area contributed by atoms with Gasteiger partial charge in [0.15, 0.2) is 0 Å². The largest absolute Gasteiger partial charge is 0.383 e. The Morgan fingerprint density at radius 2 is 1.89 bits per heavy atom. The van der Waals surface area contributed by atoms with Crippen LogP contribution in [0.15, 0.2) is 42.6 Å². The fourth-order valence-corrected chi connectivity index (χ4v) is 1.95. The first kappa shape index (κ1) is 11.2. The zero-order valence-corrected chi connectivity index (χ0v) is 9.84. The topological polar surface area (TPSA) is 67.1 Å². The van der Waals surface area contributed by atoms with E-state index in [-0.39, 0.29) is 5.82 Å². The summed E-state index contributed by atoms with van der Waals surface area (Å²) in [6.07, 6.45) is 1.30. The number of aromatic nitrogens is 2. The Kier molecular flexibility index (Phi) is 2.43. The highest BCUT2D eigenvalue weighted by atomic mass is 19.1. The molecule has 0 aliphatic heterocycles. The predicted octanol–water partition coefficient (Wildman–Crippen LogP) is 2.59. The van der Waals surface area contributed by atoms with Crippen LogP contribution < -0.4 is 5.73 Å². The van der Waals surface area contributed by atoms with E-state index in [1.807, 2.05) is 6.07 Å². The van der Waals surface area contributed by atoms with Gasteiger partial charge in [-0.3, -0.25) is 4.40 Å². The predicted molar refractivity (Wildman–Crippen MR) is 69.7 cm³/mol. The van der Waals surface area contributed by atoms with Crippen LogP contribution in [0, 0.1) is 17.1 Å². The molecule has 0 atom stereocenters. The number of nitrogen functional groups attached to an aromatic ring is 1. The van der Waals surface area contributed by atoms with E-state index >= 15 is 0 Å². The number of nitrogens with zero attached hydrogens (tertiary/aromatic N) is 3. The van der Waals surface area contributed by atoms with Crippen LogP contribution in [0.3, 0.4) is 0 Å². The summed E-state index contributed by atoms with van der Waals surface area (Å²) >= 11 is 0. The summed E-state index contributed by atoms with van der Waals surface area (Å²) < 4.78 is 14.7. The molecule has 4 nitrogen and oxygen atoms in total. The van der Waals surface area contributed by atoms with E-state index in [0.717, 1.165) is 5.56 Å². The number of pyridine rings is 1. The Labute approximate surface area is 108 Å². The van der Waals surface area contributed by atoms with Crippen molar-refractivity contribution >= 4 is 11.5 Å². The van der Waals surface area contributed by atoms with Crippen LogP contribution in [0.2, 0.25) is 0 Å². The van der Waals surface area contributed by atoms with Gasteiger partial charge in [-0.15, -0.1) is 0 Å². The van der Waals surface area contributed by atoms with Crippen molar-refractivity contribution in [1.29, 1.82) is 5.26 Å². The quantitative estimate of drug-likeness (QED) is 0.723. The summed E-state index contributed by atoms with van der Waals surface area (Å²) in [6.45, 7) is 0. The number of rotatable bonds is 1. The number of benzene rings is 1. The normalized spacial score (nSPS) is 10.5. The number of hydrogen-bond donors (Lipinski definition) is 1. The molecule has 3 aromatic rings. The van der Waals surface area contributed by atoms with E-state index in [1.165, 1.54) is 16.7 Å². The first-order chi connectivity index (χ1) is 9.19. The molecule has 0 saturated heterocycles. The van der Waals surface area contributed by atoms with Crippen molar-refractivity contribution in [3.05, 3.63) is 54.0 Å². The lowest BCUT2D eigenvalue weighted by Crippen LogP contribution is -1.94. The third-order valence-corrected chi connectivity index (χ3v) is 2.91. The van der Waals surface area contributed by atoms with Crippen LogP contribution in [0.25, 0.3) is 16.9 Å². The van der Waals surface area contributed by atoms with Gasteiger partial charge in [-0.05, 0) is 24.3 Å². The van der Waals surface area contributed by atoms with Gasteiger partial charge >= 0.3 is 0 Å². The molecule has 0 fully saturated rings. The van der Waals surface area contributed by atoms with Crippen molar-refractivity contribution in [3.63, 3.8) is 0 Å². The van der Waals surface area contributed by atoms with Crippen molar-refractivity contribution in [3.8, 4) is 17.3 Å². The third kappa shape index (κ3) is 1.79. The SMILES string of the molecule is N#Cc1ccc(-c2nc3ccc(F)cn3c2N)cc1. The standard InChI is InChI=1S/C14H9FN4/c15-11-5-6-12-18-13(14(17)19(12)8-11)10-3-1-9(7-16)2-4-10/h1-6,8H,17H2. The molecule has 0 radical (unpaired) electrons.